The molecule has 0 aliphatic carbocycles. The van der Waals surface area contributed by atoms with Crippen LogP contribution in [-0.4, -0.2) is 108 Å². The van der Waals surface area contributed by atoms with Crippen LogP contribution >= 0.6 is 0 Å². The van der Waals surface area contributed by atoms with E-state index in [-0.39, 0.29) is 30.4 Å². The number of rotatable bonds is 17. The summed E-state index contributed by atoms with van der Waals surface area (Å²) in [4.78, 5) is 37.5. The van der Waals surface area contributed by atoms with Crippen molar-refractivity contribution >= 4 is 22.7 Å². The molecule has 1 unspecified atom stereocenters. The van der Waals surface area contributed by atoms with E-state index in [1.165, 1.54) is 11.1 Å². The molecule has 2 N–H and O–H groups in total. The molecule has 2 aliphatic heterocycles. The van der Waals surface area contributed by atoms with Crippen LogP contribution in [0.1, 0.15) is 49.7 Å². The lowest BCUT2D eigenvalue weighted by Gasteiger charge is -2.37. The third-order valence-electron chi connectivity index (χ3n) is 10.6. The first-order valence-electron chi connectivity index (χ1n) is 19.3. The number of amides is 2. The highest BCUT2D eigenvalue weighted by Gasteiger charge is 2.30. The van der Waals surface area contributed by atoms with Crippen LogP contribution in [0.4, 0.5) is 0 Å². The van der Waals surface area contributed by atoms with Crippen LogP contribution in [0.3, 0.4) is 0 Å². The Kier molecular flexibility index (Phi) is 14.0. The highest BCUT2D eigenvalue weighted by molar-refractivity contribution is 5.84. The number of carbonyl (C=O) groups is 2. The summed E-state index contributed by atoms with van der Waals surface area (Å²) in [5, 5.41) is 15.1. The summed E-state index contributed by atoms with van der Waals surface area (Å²) in [7, 11) is 0. The highest BCUT2D eigenvalue weighted by atomic mass is 16.5. The van der Waals surface area contributed by atoms with Gasteiger partial charge in [0.25, 0.3) is 0 Å². The van der Waals surface area contributed by atoms with Gasteiger partial charge in [-0.1, -0.05) is 66.7 Å². The number of nitrogens with zero attached hydrogens (tertiary/aromatic N) is 4. The van der Waals surface area contributed by atoms with E-state index < -0.39 is 6.10 Å². The summed E-state index contributed by atoms with van der Waals surface area (Å²) in [5.41, 5.74) is 3.55. The first kappa shape index (κ1) is 37.4. The van der Waals surface area contributed by atoms with E-state index in [4.69, 9.17) is 4.74 Å². The van der Waals surface area contributed by atoms with Gasteiger partial charge in [0.05, 0.1) is 12.1 Å². The number of nitrogens with one attached hydrogen (secondary N) is 1. The molecular formula is C43H55N5O4. The Labute approximate surface area is 309 Å². The SMILES string of the molecule is O=C(NC(CCCc1ccccc1)CCCc1ccccc1)C1CCN(C(=O)CN2CCN(CC(O)COc3cccc4ncccc34)CC2)CC1. The van der Waals surface area contributed by atoms with Gasteiger partial charge in [0.1, 0.15) is 18.5 Å². The number of likely N-dealkylation sites (tertiary alicyclic amines) is 1. The van der Waals surface area contributed by atoms with Crippen molar-refractivity contribution in [1.82, 2.24) is 25.0 Å². The van der Waals surface area contributed by atoms with Crippen molar-refractivity contribution in [3.05, 3.63) is 108 Å². The van der Waals surface area contributed by atoms with Crippen LogP contribution in [0.2, 0.25) is 0 Å². The number of carbonyl (C=O) groups excluding carboxylic acids is 2. The quantitative estimate of drug-likeness (QED) is 0.153. The second kappa shape index (κ2) is 19.5. The number of fused-ring (bicyclic) bond motifs is 1. The van der Waals surface area contributed by atoms with Gasteiger partial charge in [-0.05, 0) is 86.8 Å². The molecule has 2 aliphatic rings. The van der Waals surface area contributed by atoms with E-state index in [0.717, 1.165) is 81.4 Å². The number of aryl methyl sites for hydroxylation is 2. The Morgan fingerprint density at radius 2 is 1.40 bits per heavy atom. The maximum atomic E-state index is 13.5. The molecule has 0 saturated carbocycles. The molecule has 0 radical (unpaired) electrons. The van der Waals surface area contributed by atoms with Crippen molar-refractivity contribution in [3.63, 3.8) is 0 Å². The minimum Gasteiger partial charge on any atom is -0.490 e. The van der Waals surface area contributed by atoms with Crippen molar-refractivity contribution in [2.45, 2.75) is 63.5 Å². The smallest absolute Gasteiger partial charge is 0.236 e. The lowest BCUT2D eigenvalue weighted by molar-refractivity contribution is -0.137. The Morgan fingerprint density at radius 3 is 2.06 bits per heavy atom. The Balaban J connectivity index is 0.885. The molecule has 2 fully saturated rings. The number of aliphatic hydroxyl groups excluding tert-OH is 1. The number of hydrogen-bond acceptors (Lipinski definition) is 7. The number of piperidine rings is 1. The van der Waals surface area contributed by atoms with E-state index in [1.54, 1.807) is 6.20 Å². The Morgan fingerprint density at radius 1 is 0.769 bits per heavy atom. The largest absolute Gasteiger partial charge is 0.490 e. The van der Waals surface area contributed by atoms with Gasteiger partial charge in [-0.3, -0.25) is 24.4 Å². The van der Waals surface area contributed by atoms with Crippen LogP contribution in [-0.2, 0) is 22.4 Å². The van der Waals surface area contributed by atoms with E-state index in [2.05, 4.69) is 80.8 Å². The van der Waals surface area contributed by atoms with Gasteiger partial charge in [-0.15, -0.1) is 0 Å². The zero-order valence-corrected chi connectivity index (χ0v) is 30.5. The van der Waals surface area contributed by atoms with Crippen LogP contribution in [0.15, 0.2) is 97.2 Å². The molecule has 3 aromatic carbocycles. The molecule has 2 amide bonds. The number of hydrogen-bond donors (Lipinski definition) is 2. The standard InChI is InChI=1S/C43H55N5O4/c49-38(33-52-41-21-9-20-40-39(41)19-10-24-44-40)31-46-27-29-47(30-28-46)32-42(50)48-25-22-36(23-26-48)43(51)45-37(17-7-15-34-11-3-1-4-12-34)18-8-16-35-13-5-2-6-14-35/h1-6,9-14,19-21,24,36-38,49H,7-8,15-18,22-23,25-33H2,(H,45,51). The summed E-state index contributed by atoms with van der Waals surface area (Å²) >= 11 is 0. The molecule has 1 aromatic heterocycles. The molecule has 3 heterocycles. The minimum absolute atomic E-state index is 0.0500. The number of ether oxygens (including phenoxy) is 1. The third-order valence-corrected chi connectivity index (χ3v) is 10.6. The highest BCUT2D eigenvalue weighted by Crippen LogP contribution is 2.24. The predicted molar refractivity (Wildman–Crippen MR) is 206 cm³/mol. The van der Waals surface area contributed by atoms with Gasteiger partial charge in [0, 0.05) is 69.4 Å². The average Bonchev–Trinajstić information content (AvgIpc) is 3.18. The summed E-state index contributed by atoms with van der Waals surface area (Å²) in [5.74, 6) is 0.969. The number of aliphatic hydroxyl groups is 1. The molecule has 52 heavy (non-hydrogen) atoms. The van der Waals surface area contributed by atoms with Gasteiger partial charge in [-0.25, -0.2) is 0 Å². The fourth-order valence-corrected chi connectivity index (χ4v) is 7.55. The molecule has 2 saturated heterocycles. The zero-order valence-electron chi connectivity index (χ0n) is 30.5. The summed E-state index contributed by atoms with van der Waals surface area (Å²) in [6, 6.07) is 30.9. The van der Waals surface area contributed by atoms with Crippen molar-refractivity contribution < 1.29 is 19.4 Å². The topological polar surface area (TPSA) is 98.2 Å². The summed E-state index contributed by atoms with van der Waals surface area (Å²) < 4.78 is 5.96. The molecule has 0 spiro atoms. The van der Waals surface area contributed by atoms with Gasteiger partial charge >= 0.3 is 0 Å². The number of benzene rings is 3. The summed E-state index contributed by atoms with van der Waals surface area (Å²) in [6.07, 6.45) is 8.62. The molecule has 1 atom stereocenters. The van der Waals surface area contributed by atoms with Crippen molar-refractivity contribution in [2.75, 3.05) is 59.0 Å². The van der Waals surface area contributed by atoms with Crippen molar-refractivity contribution in [3.8, 4) is 5.75 Å². The number of piperazine rings is 1. The van der Waals surface area contributed by atoms with Crippen LogP contribution < -0.4 is 10.1 Å². The molecule has 0 bridgehead atoms. The van der Waals surface area contributed by atoms with Crippen LogP contribution in [0, 0.1) is 5.92 Å². The Hall–Kier alpha value is -4.31. The van der Waals surface area contributed by atoms with E-state index >= 15 is 0 Å². The number of aromatic nitrogens is 1. The molecular weight excluding hydrogens is 651 g/mol. The van der Waals surface area contributed by atoms with Gasteiger partial charge in [0.15, 0.2) is 0 Å². The van der Waals surface area contributed by atoms with E-state index in [1.807, 2.05) is 35.2 Å². The maximum Gasteiger partial charge on any atom is 0.236 e. The van der Waals surface area contributed by atoms with Gasteiger partial charge in [-0.2, -0.15) is 0 Å². The lowest BCUT2D eigenvalue weighted by Crippen LogP contribution is -2.53. The fraction of sp³-hybridized carbons (Fsp3) is 0.465. The molecule has 6 rings (SSSR count). The third kappa shape index (κ3) is 11.3. The molecule has 4 aromatic rings. The first-order valence-corrected chi connectivity index (χ1v) is 19.3. The number of β-amino-alcohol motifs (C(OH)–C–C–N with tert-alkyl or cyclic N) is 1. The number of pyridine rings is 1. The molecule has 276 valence electrons. The normalized spacial score (nSPS) is 16.6. The van der Waals surface area contributed by atoms with Gasteiger partial charge < -0.3 is 20.1 Å². The first-order chi connectivity index (χ1) is 25.5. The van der Waals surface area contributed by atoms with Crippen molar-refractivity contribution in [1.29, 1.82) is 0 Å². The van der Waals surface area contributed by atoms with Crippen LogP contribution in [0.5, 0.6) is 5.75 Å². The second-order valence-corrected chi connectivity index (χ2v) is 14.5. The lowest BCUT2D eigenvalue weighted by atomic mass is 9.94. The summed E-state index contributed by atoms with van der Waals surface area (Å²) in [6.45, 7) is 5.55. The zero-order chi connectivity index (χ0) is 36.0. The van der Waals surface area contributed by atoms with Gasteiger partial charge in [0.2, 0.25) is 11.8 Å². The molecule has 9 heteroatoms. The Bertz CT molecular complexity index is 1620. The monoisotopic (exact) mass is 705 g/mol. The van der Waals surface area contributed by atoms with E-state index in [0.29, 0.717) is 39.0 Å². The average molecular weight is 706 g/mol. The fourth-order valence-electron chi connectivity index (χ4n) is 7.55. The maximum absolute atomic E-state index is 13.5. The van der Waals surface area contributed by atoms with E-state index in [9.17, 15) is 14.7 Å². The van der Waals surface area contributed by atoms with Crippen molar-refractivity contribution in [2.24, 2.45) is 5.92 Å². The van der Waals surface area contributed by atoms with Crippen LogP contribution in [0.25, 0.3) is 10.9 Å². The minimum atomic E-state index is -0.613. The molecule has 9 nitrogen and oxygen atoms in total. The predicted octanol–water partition coefficient (Wildman–Crippen LogP) is 5.36. The second-order valence-electron chi connectivity index (χ2n) is 14.5.